The van der Waals surface area contributed by atoms with Crippen molar-refractivity contribution in [2.24, 2.45) is 0 Å². The molecule has 1 saturated heterocycles. The molecule has 1 N–H and O–H groups in total. The largest absolute Gasteiger partial charge is 0.497 e. The van der Waals surface area contributed by atoms with Gasteiger partial charge < -0.3 is 9.84 Å². The maximum absolute atomic E-state index is 12.7. The minimum absolute atomic E-state index is 0.0331. The number of nitrogens with zero attached hydrogens (tertiary/aromatic N) is 3. The highest BCUT2D eigenvalue weighted by Gasteiger charge is 2.37. The summed E-state index contributed by atoms with van der Waals surface area (Å²) >= 11 is 5.73. The fraction of sp³-hybridized carbons (Fsp3) is 0.368. The molecule has 2 heterocycles. The number of ether oxygens (including phenoxy) is 1. The van der Waals surface area contributed by atoms with Crippen LogP contribution < -0.4 is 4.74 Å². The van der Waals surface area contributed by atoms with E-state index in [0.29, 0.717) is 41.7 Å². The summed E-state index contributed by atoms with van der Waals surface area (Å²) in [6.45, 7) is 2.99. The lowest BCUT2D eigenvalue weighted by Crippen LogP contribution is -2.33. The third kappa shape index (κ3) is 5.72. The standard InChI is InChI=1S/C11H15ClN2O2S.C8H6FNO/c1-2-11(15)5-6-14(8-11)17(16)10-4-3-9(12)7-13-10;1-11-7-3-2-6(5-10)8(9)4-7/h3-4,7,15H,2,5-6,8H2,1H3;2-4H,1H3. The van der Waals surface area contributed by atoms with E-state index in [1.54, 1.807) is 28.6 Å². The van der Waals surface area contributed by atoms with E-state index in [1.165, 1.54) is 25.4 Å². The minimum atomic E-state index is -1.31. The Morgan fingerprint density at radius 1 is 1.46 bits per heavy atom. The van der Waals surface area contributed by atoms with Gasteiger partial charge in [-0.05, 0) is 37.1 Å². The highest BCUT2D eigenvalue weighted by molar-refractivity contribution is 7.82. The van der Waals surface area contributed by atoms with Gasteiger partial charge in [0.25, 0.3) is 0 Å². The Hall–Kier alpha value is -2.05. The SMILES string of the molecule is CCC1(O)CCN(S(=O)c2ccc(Cl)cn2)C1.COc1ccc(C#N)c(F)c1. The average Bonchev–Trinajstić information content (AvgIpc) is 3.11. The Kier molecular flexibility index (Phi) is 7.89. The fourth-order valence-corrected chi connectivity index (χ4v) is 3.88. The zero-order valence-corrected chi connectivity index (χ0v) is 17.1. The molecule has 1 aliphatic rings. The van der Waals surface area contributed by atoms with Gasteiger partial charge in [0.15, 0.2) is 0 Å². The molecule has 1 aromatic heterocycles. The molecule has 1 aromatic carbocycles. The Balaban J connectivity index is 0.000000221. The van der Waals surface area contributed by atoms with Gasteiger partial charge in [-0.2, -0.15) is 5.26 Å². The van der Waals surface area contributed by atoms with E-state index in [9.17, 15) is 13.7 Å². The number of β-amino-alcohol motifs (C(OH)–C–C–N with tert-alkyl or cyclic N) is 1. The highest BCUT2D eigenvalue weighted by atomic mass is 35.5. The predicted octanol–water partition coefficient (Wildman–Crippen LogP) is 3.31. The molecule has 2 aromatic rings. The van der Waals surface area contributed by atoms with E-state index in [4.69, 9.17) is 21.6 Å². The Morgan fingerprint density at radius 3 is 2.71 bits per heavy atom. The van der Waals surface area contributed by atoms with Crippen LogP contribution >= 0.6 is 11.6 Å². The zero-order chi connectivity index (χ0) is 20.7. The Morgan fingerprint density at radius 2 is 2.21 bits per heavy atom. The number of methoxy groups -OCH3 is 1. The van der Waals surface area contributed by atoms with E-state index in [2.05, 4.69) is 4.98 Å². The molecular weight excluding hydrogens is 405 g/mol. The van der Waals surface area contributed by atoms with Crippen LogP contribution in [0.2, 0.25) is 5.02 Å². The van der Waals surface area contributed by atoms with Crippen molar-refractivity contribution in [3.05, 3.63) is 52.9 Å². The topological polar surface area (TPSA) is 86.4 Å². The quantitative estimate of drug-likeness (QED) is 0.812. The van der Waals surface area contributed by atoms with Crippen molar-refractivity contribution in [3.63, 3.8) is 0 Å². The van der Waals surface area contributed by atoms with Crippen molar-refractivity contribution >= 4 is 22.6 Å². The number of pyridine rings is 1. The van der Waals surface area contributed by atoms with Gasteiger partial charge in [0.2, 0.25) is 0 Å². The van der Waals surface area contributed by atoms with Crippen molar-refractivity contribution in [2.45, 2.75) is 30.4 Å². The van der Waals surface area contributed by atoms with E-state index in [0.717, 1.165) is 0 Å². The van der Waals surface area contributed by atoms with Gasteiger partial charge in [-0.15, -0.1) is 0 Å². The number of benzene rings is 1. The molecule has 1 aliphatic heterocycles. The third-order valence-electron chi connectivity index (χ3n) is 4.37. The minimum Gasteiger partial charge on any atom is -0.497 e. The summed E-state index contributed by atoms with van der Waals surface area (Å²) in [4.78, 5) is 4.04. The Labute approximate surface area is 171 Å². The molecule has 28 heavy (non-hydrogen) atoms. The molecule has 0 bridgehead atoms. The zero-order valence-electron chi connectivity index (χ0n) is 15.6. The van der Waals surface area contributed by atoms with Gasteiger partial charge in [0.05, 0.1) is 23.3 Å². The van der Waals surface area contributed by atoms with Gasteiger partial charge in [0, 0.05) is 25.4 Å². The molecule has 2 atom stereocenters. The van der Waals surface area contributed by atoms with E-state index >= 15 is 0 Å². The summed E-state index contributed by atoms with van der Waals surface area (Å²) in [5, 5.41) is 19.5. The first-order chi connectivity index (χ1) is 13.3. The number of hydrogen-bond acceptors (Lipinski definition) is 5. The second-order valence-electron chi connectivity index (χ2n) is 6.21. The second kappa shape index (κ2) is 9.94. The van der Waals surface area contributed by atoms with Crippen LogP contribution in [-0.4, -0.2) is 44.4 Å². The molecule has 0 spiro atoms. The highest BCUT2D eigenvalue weighted by Crippen LogP contribution is 2.27. The molecule has 9 heteroatoms. The number of aliphatic hydroxyl groups is 1. The van der Waals surface area contributed by atoms with Crippen LogP contribution in [0.4, 0.5) is 4.39 Å². The van der Waals surface area contributed by atoms with E-state index in [1.807, 2.05) is 6.92 Å². The van der Waals surface area contributed by atoms with Gasteiger partial charge in [-0.3, -0.25) is 0 Å². The first kappa shape index (κ1) is 22.2. The lowest BCUT2D eigenvalue weighted by Gasteiger charge is -2.20. The molecule has 0 amide bonds. The van der Waals surface area contributed by atoms with Crippen LogP contribution in [0.3, 0.4) is 0 Å². The molecule has 2 unspecified atom stereocenters. The van der Waals surface area contributed by atoms with Crippen LogP contribution in [0.25, 0.3) is 0 Å². The summed E-state index contributed by atoms with van der Waals surface area (Å²) < 4.78 is 31.4. The van der Waals surface area contributed by atoms with Crippen molar-refractivity contribution in [1.82, 2.24) is 9.29 Å². The van der Waals surface area contributed by atoms with E-state index in [-0.39, 0.29) is 5.56 Å². The molecule has 0 saturated carbocycles. The molecule has 150 valence electrons. The maximum Gasteiger partial charge on any atom is 0.146 e. The van der Waals surface area contributed by atoms with Gasteiger partial charge in [-0.25, -0.2) is 17.9 Å². The summed E-state index contributed by atoms with van der Waals surface area (Å²) in [5.41, 5.74) is -0.673. The van der Waals surface area contributed by atoms with Gasteiger partial charge in [-0.1, -0.05) is 18.5 Å². The van der Waals surface area contributed by atoms with Crippen molar-refractivity contribution in [3.8, 4) is 11.8 Å². The van der Waals surface area contributed by atoms with Crippen LogP contribution in [0.15, 0.2) is 41.6 Å². The smallest absolute Gasteiger partial charge is 0.146 e. The first-order valence-corrected chi connectivity index (χ1v) is 10.0. The van der Waals surface area contributed by atoms with Crippen molar-refractivity contribution in [1.29, 1.82) is 5.26 Å². The van der Waals surface area contributed by atoms with Crippen molar-refractivity contribution in [2.75, 3.05) is 20.2 Å². The molecule has 3 rings (SSSR count). The number of rotatable bonds is 4. The lowest BCUT2D eigenvalue weighted by molar-refractivity contribution is 0.0525. The summed E-state index contributed by atoms with van der Waals surface area (Å²) in [6.07, 6.45) is 2.81. The van der Waals surface area contributed by atoms with Crippen LogP contribution in [0.5, 0.6) is 5.75 Å². The number of halogens is 2. The molecule has 0 radical (unpaired) electrons. The summed E-state index contributed by atoms with van der Waals surface area (Å²) in [7, 11) is 0.134. The number of hydrogen-bond donors (Lipinski definition) is 1. The maximum atomic E-state index is 12.7. The van der Waals surface area contributed by atoms with Gasteiger partial charge >= 0.3 is 0 Å². The molecule has 1 fully saturated rings. The summed E-state index contributed by atoms with van der Waals surface area (Å²) in [6, 6.07) is 9.15. The molecule has 0 aliphatic carbocycles. The normalized spacial score (nSPS) is 20.0. The second-order valence-corrected chi connectivity index (χ2v) is 8.08. The lowest BCUT2D eigenvalue weighted by atomic mass is 10.0. The monoisotopic (exact) mass is 425 g/mol. The predicted molar refractivity (Wildman–Crippen MR) is 105 cm³/mol. The first-order valence-electron chi connectivity index (χ1n) is 8.56. The summed E-state index contributed by atoms with van der Waals surface area (Å²) in [5.74, 6) is -0.131. The van der Waals surface area contributed by atoms with Gasteiger partial charge in [0.1, 0.15) is 33.6 Å². The van der Waals surface area contributed by atoms with Crippen LogP contribution in [0, 0.1) is 17.1 Å². The van der Waals surface area contributed by atoms with Crippen LogP contribution in [0.1, 0.15) is 25.3 Å². The van der Waals surface area contributed by atoms with E-state index < -0.39 is 22.4 Å². The number of aromatic nitrogens is 1. The Bertz CT molecular complexity index is 876. The average molecular weight is 426 g/mol. The third-order valence-corrected chi connectivity index (χ3v) is 5.97. The number of nitriles is 1. The van der Waals surface area contributed by atoms with Crippen molar-refractivity contribution < 1.29 is 18.4 Å². The molecule has 6 nitrogen and oxygen atoms in total. The fourth-order valence-electron chi connectivity index (χ4n) is 2.56. The molecular formula is C19H21ClFN3O3S. The van der Waals surface area contributed by atoms with Crippen LogP contribution in [-0.2, 0) is 11.0 Å².